The molecular weight excluding hydrogens is 276 g/mol. The van der Waals surface area contributed by atoms with Crippen LogP contribution < -0.4 is 5.73 Å². The molecule has 1 amide bonds. The van der Waals surface area contributed by atoms with E-state index in [0.717, 1.165) is 5.56 Å². The predicted molar refractivity (Wildman–Crippen MR) is 77.0 cm³/mol. The van der Waals surface area contributed by atoms with Crippen LogP contribution in [0.5, 0.6) is 0 Å². The molecule has 116 valence electrons. The molecule has 1 aromatic carbocycles. The van der Waals surface area contributed by atoms with Crippen molar-refractivity contribution >= 4 is 5.91 Å². The third kappa shape index (κ3) is 4.47. The Morgan fingerprint density at radius 1 is 1.14 bits per heavy atom. The molecule has 0 saturated carbocycles. The Morgan fingerprint density at radius 2 is 1.86 bits per heavy atom. The Kier molecular flexibility index (Phi) is 5.64. The molecule has 0 bridgehead atoms. The van der Waals surface area contributed by atoms with Crippen molar-refractivity contribution < 1.29 is 13.6 Å². The van der Waals surface area contributed by atoms with Crippen LogP contribution in [0.4, 0.5) is 8.78 Å². The number of amides is 1. The van der Waals surface area contributed by atoms with Gasteiger partial charge in [0.2, 0.25) is 5.91 Å². The zero-order valence-corrected chi connectivity index (χ0v) is 11.9. The van der Waals surface area contributed by atoms with Crippen LogP contribution in [0.25, 0.3) is 0 Å². The fraction of sp³-hybridized carbons (Fsp3) is 0.533. The summed E-state index contributed by atoms with van der Waals surface area (Å²) in [6.45, 7) is 1.85. The van der Waals surface area contributed by atoms with Crippen molar-refractivity contribution in [3.05, 3.63) is 35.9 Å². The van der Waals surface area contributed by atoms with Gasteiger partial charge in [-0.3, -0.25) is 9.69 Å². The highest BCUT2D eigenvalue weighted by Gasteiger charge is 2.25. The fourth-order valence-corrected chi connectivity index (χ4v) is 2.57. The Morgan fingerprint density at radius 3 is 2.52 bits per heavy atom. The maximum Gasteiger partial charge on any atom is 0.251 e. The molecule has 21 heavy (non-hydrogen) atoms. The summed E-state index contributed by atoms with van der Waals surface area (Å²) >= 11 is 0. The number of alkyl halides is 2. The fourth-order valence-electron chi connectivity index (χ4n) is 2.57. The quantitative estimate of drug-likeness (QED) is 0.916. The standard InChI is InChI=1S/C15H21F2N3O/c16-13(17)11-19-7-4-8-20(10-9-19)15(21)14(18)12-5-2-1-3-6-12/h1-3,5-6,13-14H,4,7-11,18H2/t14-/m0/s1. The average Bonchev–Trinajstić information content (AvgIpc) is 2.71. The summed E-state index contributed by atoms with van der Waals surface area (Å²) in [5.41, 5.74) is 6.79. The zero-order chi connectivity index (χ0) is 15.2. The Labute approximate surface area is 123 Å². The van der Waals surface area contributed by atoms with Gasteiger partial charge in [-0.25, -0.2) is 8.78 Å². The first kappa shape index (κ1) is 15.9. The zero-order valence-electron chi connectivity index (χ0n) is 11.9. The van der Waals surface area contributed by atoms with Gasteiger partial charge in [0, 0.05) is 26.2 Å². The molecule has 6 heteroatoms. The molecule has 2 rings (SSSR count). The lowest BCUT2D eigenvalue weighted by atomic mass is 10.1. The molecule has 4 nitrogen and oxygen atoms in total. The first-order chi connectivity index (χ1) is 10.1. The van der Waals surface area contributed by atoms with E-state index in [-0.39, 0.29) is 12.5 Å². The van der Waals surface area contributed by atoms with Gasteiger partial charge in [0.1, 0.15) is 6.04 Å². The lowest BCUT2D eigenvalue weighted by Crippen LogP contribution is -2.41. The predicted octanol–water partition coefficient (Wildman–Crippen LogP) is 1.49. The second-order valence-corrected chi connectivity index (χ2v) is 5.26. The van der Waals surface area contributed by atoms with Crippen molar-refractivity contribution in [2.24, 2.45) is 5.73 Å². The highest BCUT2D eigenvalue weighted by atomic mass is 19.3. The number of nitrogens with zero attached hydrogens (tertiary/aromatic N) is 2. The molecule has 0 aliphatic carbocycles. The molecule has 1 aliphatic heterocycles. The molecule has 1 aliphatic rings. The van der Waals surface area contributed by atoms with Crippen molar-refractivity contribution in [1.82, 2.24) is 9.80 Å². The molecule has 0 spiro atoms. The maximum atomic E-state index is 12.4. The van der Waals surface area contributed by atoms with Crippen LogP contribution in [0, 0.1) is 0 Å². The highest BCUT2D eigenvalue weighted by molar-refractivity contribution is 5.83. The van der Waals surface area contributed by atoms with Gasteiger partial charge < -0.3 is 10.6 Å². The number of carbonyl (C=O) groups excluding carboxylic acids is 1. The number of halogens is 2. The number of rotatable bonds is 4. The number of hydrogen-bond acceptors (Lipinski definition) is 3. The number of carbonyl (C=O) groups is 1. The van der Waals surface area contributed by atoms with E-state index in [2.05, 4.69) is 0 Å². The van der Waals surface area contributed by atoms with Crippen LogP contribution in [0.1, 0.15) is 18.0 Å². The normalized spacial score (nSPS) is 18.6. The summed E-state index contributed by atoms with van der Waals surface area (Å²) in [6.07, 6.45) is -1.64. The van der Waals surface area contributed by atoms with Crippen molar-refractivity contribution in [2.45, 2.75) is 18.9 Å². The number of benzene rings is 1. The topological polar surface area (TPSA) is 49.6 Å². The minimum atomic E-state index is -2.33. The van der Waals surface area contributed by atoms with Crippen LogP contribution in [0.3, 0.4) is 0 Å². The highest BCUT2D eigenvalue weighted by Crippen LogP contribution is 2.15. The summed E-state index contributed by atoms with van der Waals surface area (Å²) in [5.74, 6) is -0.139. The SMILES string of the molecule is N[C@H](C(=O)N1CCCN(CC(F)F)CC1)c1ccccc1. The summed E-state index contributed by atoms with van der Waals surface area (Å²) in [6, 6.07) is 8.51. The molecule has 1 saturated heterocycles. The summed E-state index contributed by atoms with van der Waals surface area (Å²) in [5, 5.41) is 0. The second-order valence-electron chi connectivity index (χ2n) is 5.26. The average molecular weight is 297 g/mol. The van der Waals surface area contributed by atoms with E-state index >= 15 is 0 Å². The number of hydrogen-bond donors (Lipinski definition) is 1. The van der Waals surface area contributed by atoms with Gasteiger partial charge >= 0.3 is 0 Å². The van der Waals surface area contributed by atoms with E-state index in [1.165, 1.54) is 0 Å². The monoisotopic (exact) mass is 297 g/mol. The molecule has 0 unspecified atom stereocenters. The third-order valence-corrected chi connectivity index (χ3v) is 3.72. The molecule has 0 aromatic heterocycles. The summed E-state index contributed by atoms with van der Waals surface area (Å²) in [4.78, 5) is 15.8. The van der Waals surface area contributed by atoms with Crippen molar-refractivity contribution in [3.8, 4) is 0 Å². The van der Waals surface area contributed by atoms with Crippen molar-refractivity contribution in [2.75, 3.05) is 32.7 Å². The van der Waals surface area contributed by atoms with Crippen LogP contribution in [-0.2, 0) is 4.79 Å². The van der Waals surface area contributed by atoms with Crippen LogP contribution >= 0.6 is 0 Å². The van der Waals surface area contributed by atoms with Gasteiger partial charge in [0.15, 0.2) is 0 Å². The minimum absolute atomic E-state index is 0.139. The largest absolute Gasteiger partial charge is 0.340 e. The lowest BCUT2D eigenvalue weighted by Gasteiger charge is -2.24. The van der Waals surface area contributed by atoms with Crippen molar-refractivity contribution in [1.29, 1.82) is 0 Å². The van der Waals surface area contributed by atoms with E-state index < -0.39 is 12.5 Å². The van der Waals surface area contributed by atoms with E-state index in [1.807, 2.05) is 30.3 Å². The van der Waals surface area contributed by atoms with Crippen LogP contribution in [0.2, 0.25) is 0 Å². The van der Waals surface area contributed by atoms with Crippen molar-refractivity contribution in [3.63, 3.8) is 0 Å². The summed E-state index contributed by atoms with van der Waals surface area (Å²) < 4.78 is 24.8. The molecule has 0 radical (unpaired) electrons. The lowest BCUT2D eigenvalue weighted by molar-refractivity contribution is -0.132. The van der Waals surface area contributed by atoms with E-state index in [1.54, 1.807) is 9.80 Å². The smallest absolute Gasteiger partial charge is 0.251 e. The van der Waals surface area contributed by atoms with E-state index in [9.17, 15) is 13.6 Å². The van der Waals surface area contributed by atoms with Gasteiger partial charge in [-0.2, -0.15) is 0 Å². The minimum Gasteiger partial charge on any atom is -0.340 e. The first-order valence-electron chi connectivity index (χ1n) is 7.17. The maximum absolute atomic E-state index is 12.4. The number of nitrogens with two attached hydrogens (primary N) is 1. The molecule has 1 aromatic rings. The van der Waals surface area contributed by atoms with E-state index in [0.29, 0.717) is 32.6 Å². The Balaban J connectivity index is 1.94. The van der Waals surface area contributed by atoms with Gasteiger partial charge in [0.25, 0.3) is 6.43 Å². The van der Waals surface area contributed by atoms with Crippen LogP contribution in [-0.4, -0.2) is 54.9 Å². The molecule has 2 N–H and O–H groups in total. The third-order valence-electron chi connectivity index (χ3n) is 3.72. The molecule has 1 fully saturated rings. The Bertz CT molecular complexity index is 455. The first-order valence-corrected chi connectivity index (χ1v) is 7.17. The molecule has 1 atom stereocenters. The Hall–Kier alpha value is -1.53. The van der Waals surface area contributed by atoms with Gasteiger partial charge in [-0.05, 0) is 12.0 Å². The molecular formula is C15H21F2N3O. The molecule has 1 heterocycles. The summed E-state index contributed by atoms with van der Waals surface area (Å²) in [7, 11) is 0. The second kappa shape index (κ2) is 7.47. The van der Waals surface area contributed by atoms with E-state index in [4.69, 9.17) is 5.73 Å². The van der Waals surface area contributed by atoms with Gasteiger partial charge in [-0.15, -0.1) is 0 Å². The van der Waals surface area contributed by atoms with Gasteiger partial charge in [-0.1, -0.05) is 30.3 Å². The van der Waals surface area contributed by atoms with Crippen LogP contribution in [0.15, 0.2) is 30.3 Å². The van der Waals surface area contributed by atoms with Gasteiger partial charge in [0.05, 0.1) is 6.54 Å².